The summed E-state index contributed by atoms with van der Waals surface area (Å²) in [5.74, 6) is -1.65. The van der Waals surface area contributed by atoms with E-state index in [1.54, 1.807) is 20.8 Å². The standard InChI is InChI=1S/C13H15F2NO3/c1-13(2,3)19-12(18)16-11(7-17)8-4-9(14)6-10(15)5-8/h4-7,11H,1-3H3,(H,16,18). The first-order valence-electron chi connectivity index (χ1n) is 5.62. The third-order valence-corrected chi connectivity index (χ3v) is 2.05. The molecule has 104 valence electrons. The molecule has 0 aromatic heterocycles. The van der Waals surface area contributed by atoms with Crippen molar-refractivity contribution in [2.45, 2.75) is 32.4 Å². The van der Waals surface area contributed by atoms with Gasteiger partial charge in [-0.25, -0.2) is 13.6 Å². The van der Waals surface area contributed by atoms with Gasteiger partial charge in [0, 0.05) is 6.07 Å². The fourth-order valence-corrected chi connectivity index (χ4v) is 1.39. The summed E-state index contributed by atoms with van der Waals surface area (Å²) in [5, 5.41) is 2.23. The van der Waals surface area contributed by atoms with Gasteiger partial charge in [0.05, 0.1) is 0 Å². The number of nitrogens with one attached hydrogen (secondary N) is 1. The molecule has 6 heteroatoms. The number of benzene rings is 1. The topological polar surface area (TPSA) is 55.4 Å². The number of carbonyl (C=O) groups excluding carboxylic acids is 2. The van der Waals surface area contributed by atoms with Crippen LogP contribution < -0.4 is 5.32 Å². The normalized spacial score (nSPS) is 12.7. The van der Waals surface area contributed by atoms with Crippen molar-refractivity contribution in [2.75, 3.05) is 0 Å². The summed E-state index contributed by atoms with van der Waals surface area (Å²) in [7, 11) is 0. The van der Waals surface area contributed by atoms with Crippen LogP contribution in [-0.2, 0) is 9.53 Å². The minimum atomic E-state index is -1.17. The molecule has 1 aromatic carbocycles. The third kappa shape index (κ3) is 5.03. The van der Waals surface area contributed by atoms with Crippen LogP contribution in [0.2, 0.25) is 0 Å². The summed E-state index contributed by atoms with van der Waals surface area (Å²) in [5.41, 5.74) is -0.719. The first-order valence-corrected chi connectivity index (χ1v) is 5.62. The van der Waals surface area contributed by atoms with Crippen LogP contribution in [0.4, 0.5) is 13.6 Å². The van der Waals surface area contributed by atoms with Gasteiger partial charge in [-0.05, 0) is 38.5 Å². The molecule has 0 aliphatic rings. The van der Waals surface area contributed by atoms with Crippen LogP contribution in [0.25, 0.3) is 0 Å². The lowest BCUT2D eigenvalue weighted by atomic mass is 10.1. The smallest absolute Gasteiger partial charge is 0.408 e. The number of hydrogen-bond acceptors (Lipinski definition) is 3. The van der Waals surface area contributed by atoms with Gasteiger partial charge in [-0.2, -0.15) is 0 Å². The predicted octanol–water partition coefficient (Wildman–Crippen LogP) is 2.73. The predicted molar refractivity (Wildman–Crippen MR) is 64.5 cm³/mol. The quantitative estimate of drug-likeness (QED) is 0.860. The van der Waals surface area contributed by atoms with Crippen LogP contribution in [0, 0.1) is 11.6 Å². The number of alkyl carbamates (subject to hydrolysis) is 1. The average Bonchev–Trinajstić information content (AvgIpc) is 2.21. The van der Waals surface area contributed by atoms with E-state index in [9.17, 15) is 18.4 Å². The van der Waals surface area contributed by atoms with E-state index in [1.807, 2.05) is 0 Å². The van der Waals surface area contributed by atoms with Crippen molar-refractivity contribution < 1.29 is 23.1 Å². The Morgan fingerprint density at radius 1 is 1.26 bits per heavy atom. The lowest BCUT2D eigenvalue weighted by molar-refractivity contribution is -0.109. The average molecular weight is 271 g/mol. The number of carbonyl (C=O) groups is 2. The maximum atomic E-state index is 13.0. The zero-order valence-electron chi connectivity index (χ0n) is 10.9. The molecule has 1 unspecified atom stereocenters. The van der Waals surface area contributed by atoms with Gasteiger partial charge in [0.15, 0.2) is 0 Å². The zero-order valence-corrected chi connectivity index (χ0v) is 10.9. The minimum Gasteiger partial charge on any atom is -0.444 e. The number of aldehydes is 1. The van der Waals surface area contributed by atoms with E-state index in [1.165, 1.54) is 0 Å². The molecule has 0 radical (unpaired) electrons. The highest BCUT2D eigenvalue weighted by molar-refractivity contribution is 5.74. The molecule has 0 aliphatic heterocycles. The van der Waals surface area contributed by atoms with E-state index in [-0.39, 0.29) is 5.56 Å². The summed E-state index contributed by atoms with van der Waals surface area (Å²) in [6.07, 6.45) is -0.465. The number of amides is 1. The SMILES string of the molecule is CC(C)(C)OC(=O)NC(C=O)c1cc(F)cc(F)c1. The first-order chi connectivity index (χ1) is 8.71. The van der Waals surface area contributed by atoms with E-state index < -0.39 is 29.4 Å². The highest BCUT2D eigenvalue weighted by Gasteiger charge is 2.20. The maximum absolute atomic E-state index is 13.0. The summed E-state index contributed by atoms with van der Waals surface area (Å²) >= 11 is 0. The second kappa shape index (κ2) is 5.77. The molecule has 0 fully saturated rings. The van der Waals surface area contributed by atoms with E-state index in [4.69, 9.17) is 4.74 Å². The largest absolute Gasteiger partial charge is 0.444 e. The molecule has 0 heterocycles. The van der Waals surface area contributed by atoms with Gasteiger partial charge in [0.2, 0.25) is 0 Å². The fraction of sp³-hybridized carbons (Fsp3) is 0.385. The van der Waals surface area contributed by atoms with Crippen molar-refractivity contribution in [3.63, 3.8) is 0 Å². The lowest BCUT2D eigenvalue weighted by Gasteiger charge is -2.21. The fourth-order valence-electron chi connectivity index (χ4n) is 1.39. The van der Waals surface area contributed by atoms with Crippen molar-refractivity contribution in [1.82, 2.24) is 5.32 Å². The van der Waals surface area contributed by atoms with Crippen LogP contribution in [0.1, 0.15) is 32.4 Å². The van der Waals surface area contributed by atoms with Crippen molar-refractivity contribution >= 4 is 12.4 Å². The van der Waals surface area contributed by atoms with Gasteiger partial charge in [-0.3, -0.25) is 0 Å². The van der Waals surface area contributed by atoms with Gasteiger partial charge in [-0.1, -0.05) is 0 Å². The Bertz CT molecular complexity index is 463. The van der Waals surface area contributed by atoms with E-state index in [2.05, 4.69) is 5.32 Å². The Kier molecular flexibility index (Phi) is 4.58. The molecule has 1 atom stereocenters. The molecule has 0 bridgehead atoms. The summed E-state index contributed by atoms with van der Waals surface area (Å²) in [4.78, 5) is 22.4. The minimum absolute atomic E-state index is 0.0124. The van der Waals surface area contributed by atoms with Gasteiger partial charge in [0.1, 0.15) is 29.6 Å². The Hall–Kier alpha value is -1.98. The molecule has 0 saturated heterocycles. The van der Waals surface area contributed by atoms with Crippen LogP contribution in [0.3, 0.4) is 0 Å². The van der Waals surface area contributed by atoms with Crippen molar-refractivity contribution in [3.8, 4) is 0 Å². The number of hydrogen-bond donors (Lipinski definition) is 1. The lowest BCUT2D eigenvalue weighted by Crippen LogP contribution is -2.35. The van der Waals surface area contributed by atoms with Crippen molar-refractivity contribution in [2.24, 2.45) is 0 Å². The van der Waals surface area contributed by atoms with Gasteiger partial charge in [-0.15, -0.1) is 0 Å². The molecule has 0 spiro atoms. The number of halogens is 2. The Morgan fingerprint density at radius 2 is 1.79 bits per heavy atom. The third-order valence-electron chi connectivity index (χ3n) is 2.05. The molecule has 1 amide bonds. The molecule has 4 nitrogen and oxygen atoms in total. The molecule has 19 heavy (non-hydrogen) atoms. The second-order valence-corrected chi connectivity index (χ2v) is 4.96. The molecule has 0 aliphatic carbocycles. The van der Waals surface area contributed by atoms with Gasteiger partial charge in [0.25, 0.3) is 0 Å². The van der Waals surface area contributed by atoms with Crippen LogP contribution in [-0.4, -0.2) is 18.0 Å². The van der Waals surface area contributed by atoms with Crippen LogP contribution >= 0.6 is 0 Å². The summed E-state index contributed by atoms with van der Waals surface area (Å²) in [6, 6.07) is 1.46. The molecular formula is C13H15F2NO3. The monoisotopic (exact) mass is 271 g/mol. The Labute approximate surface area is 109 Å². The maximum Gasteiger partial charge on any atom is 0.408 e. The van der Waals surface area contributed by atoms with Crippen LogP contribution in [0.5, 0.6) is 0 Å². The Balaban J connectivity index is 2.84. The van der Waals surface area contributed by atoms with Gasteiger partial charge < -0.3 is 14.8 Å². The first kappa shape index (κ1) is 15.1. The van der Waals surface area contributed by atoms with E-state index in [0.717, 1.165) is 12.1 Å². The van der Waals surface area contributed by atoms with E-state index >= 15 is 0 Å². The second-order valence-electron chi connectivity index (χ2n) is 4.96. The highest BCUT2D eigenvalue weighted by atomic mass is 19.1. The molecule has 1 N–H and O–H groups in total. The van der Waals surface area contributed by atoms with Crippen LogP contribution in [0.15, 0.2) is 18.2 Å². The molecular weight excluding hydrogens is 256 g/mol. The zero-order chi connectivity index (χ0) is 14.6. The highest BCUT2D eigenvalue weighted by Crippen LogP contribution is 2.16. The van der Waals surface area contributed by atoms with Crippen molar-refractivity contribution in [1.29, 1.82) is 0 Å². The summed E-state index contributed by atoms with van der Waals surface area (Å²) in [6.45, 7) is 4.97. The molecule has 0 saturated carbocycles. The van der Waals surface area contributed by atoms with Gasteiger partial charge >= 0.3 is 6.09 Å². The molecule has 1 rings (SSSR count). The number of ether oxygens (including phenoxy) is 1. The van der Waals surface area contributed by atoms with Crippen molar-refractivity contribution in [3.05, 3.63) is 35.4 Å². The van der Waals surface area contributed by atoms with E-state index in [0.29, 0.717) is 12.4 Å². The molecule has 1 aromatic rings. The number of rotatable bonds is 3. The summed E-state index contributed by atoms with van der Waals surface area (Å²) < 4.78 is 31.0. The Morgan fingerprint density at radius 3 is 2.21 bits per heavy atom.